The Morgan fingerprint density at radius 3 is 3.05 bits per heavy atom. The second kappa shape index (κ2) is 7.08. The van der Waals surface area contributed by atoms with E-state index in [9.17, 15) is 5.11 Å². The Labute approximate surface area is 136 Å². The van der Waals surface area contributed by atoms with Crippen molar-refractivity contribution < 1.29 is 14.6 Å². The molecule has 2 N–H and O–H groups in total. The zero-order valence-electron chi connectivity index (χ0n) is 11.9. The highest BCUT2D eigenvalue weighted by Gasteiger charge is 2.18. The highest BCUT2D eigenvalue weighted by atomic mass is 79.9. The molecule has 1 aliphatic heterocycles. The highest BCUT2D eigenvalue weighted by molar-refractivity contribution is 9.10. The first kappa shape index (κ1) is 15.3. The minimum absolute atomic E-state index is 0.403. The number of halogens is 1. The fourth-order valence-electron chi connectivity index (χ4n) is 2.29. The predicted molar refractivity (Wildman–Crippen MR) is 82.9 cm³/mol. The molecule has 1 atom stereocenters. The normalized spacial score (nSPS) is 14.8. The van der Waals surface area contributed by atoms with Crippen molar-refractivity contribution in [1.82, 2.24) is 20.3 Å². The van der Waals surface area contributed by atoms with Crippen LogP contribution in [0.2, 0.25) is 0 Å². The van der Waals surface area contributed by atoms with E-state index in [-0.39, 0.29) is 0 Å². The first-order valence-corrected chi connectivity index (χ1v) is 7.83. The molecule has 0 amide bonds. The number of aromatic nitrogens is 3. The van der Waals surface area contributed by atoms with Crippen LogP contribution < -0.4 is 14.8 Å². The summed E-state index contributed by atoms with van der Waals surface area (Å²) in [5.74, 6) is 1.52. The van der Waals surface area contributed by atoms with Gasteiger partial charge < -0.3 is 19.9 Å². The van der Waals surface area contributed by atoms with Crippen LogP contribution in [-0.2, 0) is 13.1 Å². The molecule has 7 nitrogen and oxygen atoms in total. The number of nitrogens with zero attached hydrogens (tertiary/aromatic N) is 3. The molecule has 2 aromatic rings. The summed E-state index contributed by atoms with van der Waals surface area (Å²) >= 11 is 3.53. The third-order valence-electron chi connectivity index (χ3n) is 3.31. The predicted octanol–water partition coefficient (Wildman–Crippen LogP) is 0.962. The number of ether oxygens (including phenoxy) is 2. The smallest absolute Gasteiger partial charge is 0.166 e. The first-order chi connectivity index (χ1) is 10.7. The van der Waals surface area contributed by atoms with E-state index < -0.39 is 6.10 Å². The first-order valence-electron chi connectivity index (χ1n) is 7.04. The molecule has 1 aliphatic rings. The van der Waals surface area contributed by atoms with Crippen LogP contribution in [0.1, 0.15) is 5.56 Å². The molecule has 0 spiro atoms. The molecule has 0 bridgehead atoms. The molecule has 0 radical (unpaired) electrons. The van der Waals surface area contributed by atoms with Gasteiger partial charge in [0.05, 0.1) is 18.8 Å². The van der Waals surface area contributed by atoms with E-state index in [4.69, 9.17) is 9.47 Å². The Balaban J connectivity index is 1.57. The number of aliphatic hydroxyl groups is 1. The molecule has 1 aromatic carbocycles. The summed E-state index contributed by atoms with van der Waals surface area (Å²) in [7, 11) is 0. The van der Waals surface area contributed by atoms with Crippen LogP contribution in [-0.4, -0.2) is 46.0 Å². The summed E-state index contributed by atoms with van der Waals surface area (Å²) in [5, 5.41) is 20.8. The maximum atomic E-state index is 9.99. The van der Waals surface area contributed by atoms with Gasteiger partial charge in [0, 0.05) is 29.3 Å². The fraction of sp³-hybridized carbons (Fsp3) is 0.429. The van der Waals surface area contributed by atoms with E-state index in [1.807, 2.05) is 12.1 Å². The third-order valence-corrected chi connectivity index (χ3v) is 4.05. The molecule has 2 heterocycles. The highest BCUT2D eigenvalue weighted by Crippen LogP contribution is 2.37. The van der Waals surface area contributed by atoms with Crippen molar-refractivity contribution in [2.75, 3.05) is 19.8 Å². The van der Waals surface area contributed by atoms with Gasteiger partial charge in [-0.15, -0.1) is 5.10 Å². The zero-order valence-corrected chi connectivity index (χ0v) is 13.5. The van der Waals surface area contributed by atoms with E-state index in [2.05, 4.69) is 31.6 Å². The van der Waals surface area contributed by atoms with Crippen LogP contribution in [0.5, 0.6) is 11.5 Å². The van der Waals surface area contributed by atoms with Crippen molar-refractivity contribution in [3.63, 3.8) is 0 Å². The van der Waals surface area contributed by atoms with Gasteiger partial charge in [-0.2, -0.15) is 0 Å². The SMILES string of the molecule is OC(CNCc1c(Br)ccc2c1OCCO2)Cn1ccnn1. The minimum atomic E-state index is -0.544. The van der Waals surface area contributed by atoms with Gasteiger partial charge in [0.25, 0.3) is 0 Å². The molecule has 118 valence electrons. The lowest BCUT2D eigenvalue weighted by atomic mass is 10.1. The molecular weight excluding hydrogens is 352 g/mol. The van der Waals surface area contributed by atoms with Crippen LogP contribution >= 0.6 is 15.9 Å². The number of nitrogens with one attached hydrogen (secondary N) is 1. The van der Waals surface area contributed by atoms with Crippen molar-refractivity contribution in [1.29, 1.82) is 0 Å². The van der Waals surface area contributed by atoms with E-state index in [1.54, 1.807) is 17.1 Å². The molecule has 0 saturated heterocycles. The summed E-state index contributed by atoms with van der Waals surface area (Å²) in [4.78, 5) is 0. The van der Waals surface area contributed by atoms with Crippen molar-refractivity contribution >= 4 is 15.9 Å². The lowest BCUT2D eigenvalue weighted by molar-refractivity contribution is 0.145. The molecule has 1 aromatic heterocycles. The van der Waals surface area contributed by atoms with Gasteiger partial charge in [0.1, 0.15) is 13.2 Å². The van der Waals surface area contributed by atoms with Crippen LogP contribution in [0.25, 0.3) is 0 Å². The molecule has 0 saturated carbocycles. The van der Waals surface area contributed by atoms with E-state index in [0.717, 1.165) is 21.5 Å². The van der Waals surface area contributed by atoms with Crippen molar-refractivity contribution in [2.45, 2.75) is 19.2 Å². The summed E-state index contributed by atoms with van der Waals surface area (Å²) in [6.45, 7) is 2.53. The monoisotopic (exact) mass is 368 g/mol. The molecule has 0 fully saturated rings. The fourth-order valence-corrected chi connectivity index (χ4v) is 2.74. The van der Waals surface area contributed by atoms with E-state index in [0.29, 0.717) is 32.8 Å². The maximum Gasteiger partial charge on any atom is 0.166 e. The number of rotatable bonds is 6. The van der Waals surface area contributed by atoms with E-state index >= 15 is 0 Å². The Kier molecular flexibility index (Phi) is 4.91. The molecule has 1 unspecified atom stereocenters. The molecule has 0 aliphatic carbocycles. The van der Waals surface area contributed by atoms with Crippen LogP contribution in [0, 0.1) is 0 Å². The lowest BCUT2D eigenvalue weighted by Crippen LogP contribution is -2.30. The molecule has 3 rings (SSSR count). The van der Waals surface area contributed by atoms with Gasteiger partial charge in [-0.05, 0) is 12.1 Å². The van der Waals surface area contributed by atoms with E-state index in [1.165, 1.54) is 0 Å². The van der Waals surface area contributed by atoms with Crippen molar-refractivity contribution in [2.24, 2.45) is 0 Å². The van der Waals surface area contributed by atoms with Crippen molar-refractivity contribution in [3.05, 3.63) is 34.6 Å². The Bertz CT molecular complexity index is 621. The topological polar surface area (TPSA) is 81.4 Å². The number of benzene rings is 1. The number of aliphatic hydroxyl groups excluding tert-OH is 1. The van der Waals surface area contributed by atoms with Crippen LogP contribution in [0.4, 0.5) is 0 Å². The maximum absolute atomic E-state index is 9.99. The largest absolute Gasteiger partial charge is 0.486 e. The average Bonchev–Trinajstić information content (AvgIpc) is 3.02. The number of hydrogen-bond donors (Lipinski definition) is 2. The Morgan fingerprint density at radius 1 is 1.36 bits per heavy atom. The summed E-state index contributed by atoms with van der Waals surface area (Å²) in [6, 6.07) is 3.83. The van der Waals surface area contributed by atoms with Gasteiger partial charge in [-0.3, -0.25) is 0 Å². The Hall–Kier alpha value is -1.64. The third kappa shape index (κ3) is 3.57. The number of fused-ring (bicyclic) bond motifs is 1. The second-order valence-electron chi connectivity index (χ2n) is 4.96. The molecular formula is C14H17BrN4O3. The summed E-state index contributed by atoms with van der Waals surface area (Å²) < 4.78 is 13.8. The second-order valence-corrected chi connectivity index (χ2v) is 5.81. The standard InChI is InChI=1S/C14H17BrN4O3/c15-12-1-2-13-14(22-6-5-21-13)11(12)8-16-7-10(20)9-19-4-3-17-18-19/h1-4,10,16,20H,5-9H2. The minimum Gasteiger partial charge on any atom is -0.486 e. The summed E-state index contributed by atoms with van der Waals surface area (Å²) in [6.07, 6.45) is 2.76. The number of hydrogen-bond acceptors (Lipinski definition) is 6. The molecule has 22 heavy (non-hydrogen) atoms. The van der Waals surface area contributed by atoms with Gasteiger partial charge in [-0.1, -0.05) is 21.1 Å². The average molecular weight is 369 g/mol. The lowest BCUT2D eigenvalue weighted by Gasteiger charge is -2.22. The van der Waals surface area contributed by atoms with Gasteiger partial charge in [0.2, 0.25) is 0 Å². The van der Waals surface area contributed by atoms with Gasteiger partial charge >= 0.3 is 0 Å². The van der Waals surface area contributed by atoms with Crippen LogP contribution in [0.15, 0.2) is 29.0 Å². The van der Waals surface area contributed by atoms with Gasteiger partial charge in [-0.25, -0.2) is 4.68 Å². The molecule has 8 heteroatoms. The summed E-state index contributed by atoms with van der Waals surface area (Å²) in [5.41, 5.74) is 0.991. The Morgan fingerprint density at radius 2 is 2.23 bits per heavy atom. The van der Waals surface area contributed by atoms with Crippen molar-refractivity contribution in [3.8, 4) is 11.5 Å². The quantitative estimate of drug-likeness (QED) is 0.790. The van der Waals surface area contributed by atoms with Crippen LogP contribution in [0.3, 0.4) is 0 Å². The zero-order chi connectivity index (χ0) is 15.4. The van der Waals surface area contributed by atoms with Gasteiger partial charge in [0.15, 0.2) is 11.5 Å².